The zero-order chi connectivity index (χ0) is 12.3. The van der Waals surface area contributed by atoms with E-state index in [1.807, 2.05) is 0 Å². The van der Waals surface area contributed by atoms with E-state index in [0.717, 1.165) is 5.69 Å². The molecule has 17 heavy (non-hydrogen) atoms. The fourth-order valence-corrected chi connectivity index (χ4v) is 1.15. The van der Waals surface area contributed by atoms with Crippen molar-refractivity contribution in [2.45, 2.75) is 26.3 Å². The van der Waals surface area contributed by atoms with Gasteiger partial charge in [-0.25, -0.2) is 0 Å². The Kier molecular flexibility index (Phi) is 5.38. The van der Waals surface area contributed by atoms with Crippen LogP contribution in [-0.2, 0) is 0 Å². The van der Waals surface area contributed by atoms with E-state index in [-0.39, 0.29) is 23.5 Å². The van der Waals surface area contributed by atoms with E-state index in [1.165, 1.54) is 6.07 Å². The molecule has 0 saturated carbocycles. The number of nitrogens with two attached hydrogens (primary N) is 1. The monoisotopic (exact) mass is 259 g/mol. The first-order valence-electron chi connectivity index (χ1n) is 5.06. The molecule has 0 bridgehead atoms. The van der Waals surface area contributed by atoms with E-state index < -0.39 is 11.4 Å². The second-order valence-corrected chi connectivity index (χ2v) is 4.56. The van der Waals surface area contributed by atoms with Crippen molar-refractivity contribution in [2.24, 2.45) is 5.73 Å². The molecule has 0 aromatic carbocycles. The minimum absolute atomic E-state index is 0. The SMILES string of the molecule is Cc1ccc(C(=O)NCC(C)(C)N)c(=O)[nH]1.Cl. The summed E-state index contributed by atoms with van der Waals surface area (Å²) in [5.41, 5.74) is 5.68. The van der Waals surface area contributed by atoms with Gasteiger partial charge in [0.1, 0.15) is 5.56 Å². The zero-order valence-corrected chi connectivity index (χ0v) is 11.0. The smallest absolute Gasteiger partial charge is 0.260 e. The van der Waals surface area contributed by atoms with Gasteiger partial charge < -0.3 is 16.0 Å². The Balaban J connectivity index is 0.00000256. The van der Waals surface area contributed by atoms with Gasteiger partial charge >= 0.3 is 0 Å². The number of halogens is 1. The van der Waals surface area contributed by atoms with Crippen LogP contribution < -0.4 is 16.6 Å². The number of nitrogens with one attached hydrogen (secondary N) is 2. The number of carbonyl (C=O) groups is 1. The molecule has 0 radical (unpaired) electrons. The van der Waals surface area contributed by atoms with Crippen molar-refractivity contribution in [1.82, 2.24) is 10.3 Å². The molecule has 4 N–H and O–H groups in total. The number of carbonyl (C=O) groups excluding carboxylic acids is 1. The molecule has 1 amide bonds. The van der Waals surface area contributed by atoms with Crippen LogP contribution >= 0.6 is 12.4 Å². The second kappa shape index (κ2) is 5.84. The van der Waals surface area contributed by atoms with E-state index >= 15 is 0 Å². The van der Waals surface area contributed by atoms with E-state index in [2.05, 4.69) is 10.3 Å². The topological polar surface area (TPSA) is 88.0 Å². The van der Waals surface area contributed by atoms with Crippen molar-refractivity contribution in [3.05, 3.63) is 33.7 Å². The Labute approximate surface area is 106 Å². The van der Waals surface area contributed by atoms with E-state index in [9.17, 15) is 9.59 Å². The number of aromatic nitrogens is 1. The Morgan fingerprint density at radius 1 is 1.47 bits per heavy atom. The second-order valence-electron chi connectivity index (χ2n) is 4.56. The first-order chi connectivity index (χ1) is 7.29. The highest BCUT2D eigenvalue weighted by molar-refractivity contribution is 5.93. The molecular weight excluding hydrogens is 242 g/mol. The number of pyridine rings is 1. The predicted molar refractivity (Wildman–Crippen MR) is 69.6 cm³/mol. The van der Waals surface area contributed by atoms with Crippen molar-refractivity contribution < 1.29 is 4.79 Å². The average molecular weight is 260 g/mol. The average Bonchev–Trinajstić information content (AvgIpc) is 2.13. The summed E-state index contributed by atoms with van der Waals surface area (Å²) in [7, 11) is 0. The largest absolute Gasteiger partial charge is 0.350 e. The maximum Gasteiger partial charge on any atom is 0.260 e. The molecule has 5 nitrogen and oxygen atoms in total. The van der Waals surface area contributed by atoms with Gasteiger partial charge in [0.25, 0.3) is 11.5 Å². The molecule has 96 valence electrons. The van der Waals surface area contributed by atoms with Gasteiger partial charge in [0.15, 0.2) is 0 Å². The molecule has 1 rings (SSSR count). The van der Waals surface area contributed by atoms with Crippen molar-refractivity contribution in [3.8, 4) is 0 Å². The van der Waals surface area contributed by atoms with Crippen LogP contribution in [0, 0.1) is 6.92 Å². The molecule has 0 aliphatic heterocycles. The van der Waals surface area contributed by atoms with Gasteiger partial charge in [-0.15, -0.1) is 12.4 Å². The molecule has 0 spiro atoms. The first kappa shape index (κ1) is 15.7. The van der Waals surface area contributed by atoms with Crippen LogP contribution in [-0.4, -0.2) is 23.0 Å². The minimum Gasteiger partial charge on any atom is -0.350 e. The maximum absolute atomic E-state index is 11.6. The Morgan fingerprint density at radius 2 is 2.06 bits per heavy atom. The number of H-pyrrole nitrogens is 1. The van der Waals surface area contributed by atoms with Gasteiger partial charge in [-0.2, -0.15) is 0 Å². The van der Waals surface area contributed by atoms with Crippen LogP contribution in [0.1, 0.15) is 29.9 Å². The lowest BCUT2D eigenvalue weighted by molar-refractivity contribution is 0.0944. The third kappa shape index (κ3) is 5.01. The van der Waals surface area contributed by atoms with Crippen molar-refractivity contribution in [1.29, 1.82) is 0 Å². The lowest BCUT2D eigenvalue weighted by Crippen LogP contribution is -2.45. The standard InChI is InChI=1S/C11H17N3O2.ClH/c1-7-4-5-8(10(16)14-7)9(15)13-6-11(2,3)12;/h4-5H,6,12H2,1-3H3,(H,13,15)(H,14,16);1H. The van der Waals surface area contributed by atoms with Crippen LogP contribution in [0.25, 0.3) is 0 Å². The normalized spacial score (nSPS) is 10.6. The highest BCUT2D eigenvalue weighted by Gasteiger charge is 2.15. The molecule has 1 aromatic rings. The molecule has 0 aliphatic carbocycles. The summed E-state index contributed by atoms with van der Waals surface area (Å²) in [5.74, 6) is -0.403. The zero-order valence-electron chi connectivity index (χ0n) is 10.2. The van der Waals surface area contributed by atoms with Gasteiger partial charge in [0.05, 0.1) is 0 Å². The number of rotatable bonds is 3. The third-order valence-electron chi connectivity index (χ3n) is 2.00. The van der Waals surface area contributed by atoms with Crippen LogP contribution in [0.5, 0.6) is 0 Å². The first-order valence-corrected chi connectivity index (χ1v) is 5.06. The summed E-state index contributed by atoms with van der Waals surface area (Å²) < 4.78 is 0. The van der Waals surface area contributed by atoms with Crippen LogP contribution in [0.4, 0.5) is 0 Å². The Morgan fingerprint density at radius 3 is 2.53 bits per heavy atom. The van der Waals surface area contributed by atoms with Gasteiger partial charge in [0, 0.05) is 17.8 Å². The summed E-state index contributed by atoms with van der Waals surface area (Å²) >= 11 is 0. The fraction of sp³-hybridized carbons (Fsp3) is 0.455. The molecule has 0 unspecified atom stereocenters. The van der Waals surface area contributed by atoms with Crippen LogP contribution in [0.15, 0.2) is 16.9 Å². The van der Waals surface area contributed by atoms with Crippen LogP contribution in [0.2, 0.25) is 0 Å². The molecule has 0 atom stereocenters. The molecule has 0 saturated heterocycles. The summed E-state index contributed by atoms with van der Waals surface area (Å²) in [6, 6.07) is 3.19. The quantitative estimate of drug-likeness (QED) is 0.742. The number of hydrogen-bond acceptors (Lipinski definition) is 3. The minimum atomic E-state index is -0.493. The summed E-state index contributed by atoms with van der Waals surface area (Å²) in [5, 5.41) is 2.62. The summed E-state index contributed by atoms with van der Waals surface area (Å²) in [6.07, 6.45) is 0. The Hall–Kier alpha value is -1.33. The van der Waals surface area contributed by atoms with E-state index in [1.54, 1.807) is 26.8 Å². The number of hydrogen-bond donors (Lipinski definition) is 3. The number of amides is 1. The molecule has 6 heteroatoms. The molecular formula is C11H18ClN3O2. The van der Waals surface area contributed by atoms with Crippen molar-refractivity contribution in [3.63, 3.8) is 0 Å². The van der Waals surface area contributed by atoms with Gasteiger partial charge in [-0.3, -0.25) is 9.59 Å². The molecule has 0 aliphatic rings. The molecule has 1 aromatic heterocycles. The predicted octanol–water partition coefficient (Wildman–Crippen LogP) is 0.572. The fourth-order valence-electron chi connectivity index (χ4n) is 1.15. The molecule has 0 fully saturated rings. The van der Waals surface area contributed by atoms with Crippen LogP contribution in [0.3, 0.4) is 0 Å². The van der Waals surface area contributed by atoms with E-state index in [4.69, 9.17) is 5.73 Å². The van der Waals surface area contributed by atoms with Gasteiger partial charge in [-0.1, -0.05) is 0 Å². The molecule has 1 heterocycles. The lowest BCUT2D eigenvalue weighted by atomic mass is 10.1. The Bertz CT molecular complexity index is 449. The lowest BCUT2D eigenvalue weighted by Gasteiger charge is -2.18. The van der Waals surface area contributed by atoms with Crippen molar-refractivity contribution in [2.75, 3.05) is 6.54 Å². The number of aromatic amines is 1. The maximum atomic E-state index is 11.6. The number of aryl methyl sites for hydroxylation is 1. The van der Waals surface area contributed by atoms with Crippen molar-refractivity contribution >= 4 is 18.3 Å². The van der Waals surface area contributed by atoms with E-state index in [0.29, 0.717) is 6.54 Å². The van der Waals surface area contributed by atoms with Gasteiger partial charge in [0.2, 0.25) is 0 Å². The summed E-state index contributed by atoms with van der Waals surface area (Å²) in [6.45, 7) is 5.67. The highest BCUT2D eigenvalue weighted by atomic mass is 35.5. The van der Waals surface area contributed by atoms with Gasteiger partial charge in [-0.05, 0) is 32.9 Å². The highest BCUT2D eigenvalue weighted by Crippen LogP contribution is 1.96. The summed E-state index contributed by atoms with van der Waals surface area (Å²) in [4.78, 5) is 25.7. The third-order valence-corrected chi connectivity index (χ3v) is 2.00.